The summed E-state index contributed by atoms with van der Waals surface area (Å²) in [5.41, 5.74) is 2.18. The van der Waals surface area contributed by atoms with Crippen molar-refractivity contribution >= 4 is 17.2 Å². The first-order valence-electron chi connectivity index (χ1n) is 7.63. The summed E-state index contributed by atoms with van der Waals surface area (Å²) in [4.78, 5) is 20.3. The lowest BCUT2D eigenvalue weighted by atomic mass is 10.0. The van der Waals surface area contributed by atoms with Gasteiger partial charge in [0.15, 0.2) is 0 Å². The van der Waals surface area contributed by atoms with Gasteiger partial charge in [0.1, 0.15) is 0 Å². The third-order valence-electron chi connectivity index (χ3n) is 4.06. The molecule has 0 radical (unpaired) electrons. The van der Waals surface area contributed by atoms with Crippen LogP contribution in [0.5, 0.6) is 0 Å². The first-order valence-corrected chi connectivity index (χ1v) is 8.45. The van der Waals surface area contributed by atoms with Crippen molar-refractivity contribution in [3.63, 3.8) is 0 Å². The van der Waals surface area contributed by atoms with E-state index in [-0.39, 0.29) is 11.9 Å². The summed E-state index contributed by atoms with van der Waals surface area (Å²) in [7, 11) is 0. The Balaban J connectivity index is 1.78. The number of carbonyl (C=O) groups is 1. The molecule has 2 aromatic rings. The number of carbonyl (C=O) groups excluding carboxylic acids is 1. The molecule has 2 heterocycles. The number of piperazine rings is 1. The summed E-state index contributed by atoms with van der Waals surface area (Å²) in [5.74, 6) is 0.196. The van der Waals surface area contributed by atoms with E-state index in [0.717, 1.165) is 35.2 Å². The third-order valence-corrected chi connectivity index (χ3v) is 5.13. The molecule has 1 N–H and O–H groups in total. The van der Waals surface area contributed by atoms with Crippen molar-refractivity contribution in [1.29, 1.82) is 0 Å². The van der Waals surface area contributed by atoms with Gasteiger partial charge in [-0.2, -0.15) is 0 Å². The number of aromatic nitrogens is 1. The summed E-state index contributed by atoms with van der Waals surface area (Å²) in [6.07, 6.45) is 0.459. The Morgan fingerprint density at radius 3 is 2.82 bits per heavy atom. The van der Waals surface area contributed by atoms with E-state index in [1.165, 1.54) is 5.56 Å². The Morgan fingerprint density at radius 1 is 1.36 bits per heavy atom. The van der Waals surface area contributed by atoms with E-state index in [2.05, 4.69) is 22.4 Å². The van der Waals surface area contributed by atoms with Crippen LogP contribution < -0.4 is 5.32 Å². The molecule has 116 valence electrons. The van der Waals surface area contributed by atoms with E-state index in [1.807, 2.05) is 36.9 Å². The van der Waals surface area contributed by atoms with Crippen LogP contribution in [0.3, 0.4) is 0 Å². The van der Waals surface area contributed by atoms with Gasteiger partial charge in [0, 0.05) is 24.5 Å². The Bertz CT molecular complexity index is 653. The monoisotopic (exact) mass is 315 g/mol. The molecule has 22 heavy (non-hydrogen) atoms. The molecule has 0 bridgehead atoms. The van der Waals surface area contributed by atoms with Crippen molar-refractivity contribution in [3.05, 3.63) is 51.5 Å². The highest BCUT2D eigenvalue weighted by Gasteiger charge is 2.28. The molecule has 1 aliphatic heterocycles. The summed E-state index contributed by atoms with van der Waals surface area (Å²) < 4.78 is 0. The molecule has 5 heteroatoms. The van der Waals surface area contributed by atoms with Gasteiger partial charge in [0.05, 0.1) is 23.2 Å². The van der Waals surface area contributed by atoms with E-state index in [9.17, 15) is 4.79 Å². The fourth-order valence-electron chi connectivity index (χ4n) is 2.95. The fourth-order valence-corrected chi connectivity index (χ4v) is 3.88. The van der Waals surface area contributed by atoms with Crippen LogP contribution in [-0.4, -0.2) is 35.4 Å². The zero-order valence-electron chi connectivity index (χ0n) is 13.0. The van der Waals surface area contributed by atoms with Gasteiger partial charge in [0.25, 0.3) is 0 Å². The van der Waals surface area contributed by atoms with E-state index < -0.39 is 0 Å². The van der Waals surface area contributed by atoms with Gasteiger partial charge in [-0.15, -0.1) is 11.3 Å². The van der Waals surface area contributed by atoms with Crippen LogP contribution in [0.1, 0.15) is 27.2 Å². The van der Waals surface area contributed by atoms with Crippen LogP contribution in [-0.2, 0) is 11.2 Å². The molecule has 1 amide bonds. The standard InChI is InChI=1S/C17H21N3OS/c1-12-16(22-13(2)19-12)10-17(21)20-9-8-18-11-15(20)14-6-4-3-5-7-14/h3-7,15,18H,8-11H2,1-2H3. The molecule has 0 saturated carbocycles. The van der Waals surface area contributed by atoms with E-state index >= 15 is 0 Å². The molecule has 4 nitrogen and oxygen atoms in total. The maximum Gasteiger partial charge on any atom is 0.228 e. The highest BCUT2D eigenvalue weighted by atomic mass is 32.1. The zero-order valence-corrected chi connectivity index (χ0v) is 13.8. The van der Waals surface area contributed by atoms with E-state index in [1.54, 1.807) is 11.3 Å². The van der Waals surface area contributed by atoms with Gasteiger partial charge in [0.2, 0.25) is 5.91 Å². The van der Waals surface area contributed by atoms with Crippen molar-refractivity contribution in [2.75, 3.05) is 19.6 Å². The second-order valence-electron chi connectivity index (χ2n) is 5.64. The number of hydrogen-bond acceptors (Lipinski definition) is 4. The Kier molecular flexibility index (Phi) is 4.55. The summed E-state index contributed by atoms with van der Waals surface area (Å²) in [5, 5.41) is 4.42. The lowest BCUT2D eigenvalue weighted by molar-refractivity contribution is -0.133. The van der Waals surface area contributed by atoms with Crippen LogP contribution >= 0.6 is 11.3 Å². The molecule has 0 aliphatic carbocycles. The average Bonchev–Trinajstić information content (AvgIpc) is 2.85. The number of thiazole rings is 1. The summed E-state index contributed by atoms with van der Waals surface area (Å²) in [6, 6.07) is 10.4. The number of rotatable bonds is 3. The summed E-state index contributed by atoms with van der Waals surface area (Å²) >= 11 is 1.63. The fraction of sp³-hybridized carbons (Fsp3) is 0.412. The molecular formula is C17H21N3OS. The van der Waals surface area contributed by atoms with Gasteiger partial charge >= 0.3 is 0 Å². The van der Waals surface area contributed by atoms with Crippen LogP contribution in [0.15, 0.2) is 30.3 Å². The van der Waals surface area contributed by atoms with Gasteiger partial charge in [-0.1, -0.05) is 30.3 Å². The molecular weight excluding hydrogens is 294 g/mol. The average molecular weight is 315 g/mol. The second-order valence-corrected chi connectivity index (χ2v) is 6.92. The van der Waals surface area contributed by atoms with E-state index in [4.69, 9.17) is 0 Å². The van der Waals surface area contributed by atoms with Crippen molar-refractivity contribution in [2.45, 2.75) is 26.3 Å². The quantitative estimate of drug-likeness (QED) is 0.946. The molecule has 1 atom stereocenters. The normalized spacial score (nSPS) is 18.5. The number of amides is 1. The zero-order chi connectivity index (χ0) is 15.5. The minimum atomic E-state index is 0.122. The molecule has 1 saturated heterocycles. The Morgan fingerprint density at radius 2 is 2.14 bits per heavy atom. The third kappa shape index (κ3) is 3.20. The minimum Gasteiger partial charge on any atom is -0.333 e. The molecule has 1 aliphatic rings. The first kappa shape index (κ1) is 15.2. The summed E-state index contributed by atoms with van der Waals surface area (Å²) in [6.45, 7) is 6.41. The largest absolute Gasteiger partial charge is 0.333 e. The highest BCUT2D eigenvalue weighted by Crippen LogP contribution is 2.25. The first-order chi connectivity index (χ1) is 10.6. The Labute approximate surface area is 135 Å². The van der Waals surface area contributed by atoms with Gasteiger partial charge < -0.3 is 10.2 Å². The number of nitrogens with one attached hydrogen (secondary N) is 1. The molecule has 1 aromatic carbocycles. The minimum absolute atomic E-state index is 0.122. The van der Waals surface area contributed by atoms with Crippen LogP contribution in [0.2, 0.25) is 0 Å². The van der Waals surface area contributed by atoms with Crippen LogP contribution in [0.25, 0.3) is 0 Å². The SMILES string of the molecule is Cc1nc(C)c(CC(=O)N2CCNCC2c2ccccc2)s1. The second kappa shape index (κ2) is 6.58. The van der Waals surface area contributed by atoms with Gasteiger partial charge in [-0.3, -0.25) is 4.79 Å². The number of nitrogens with zero attached hydrogens (tertiary/aromatic N) is 2. The molecule has 3 rings (SSSR count). The molecule has 1 unspecified atom stereocenters. The van der Waals surface area contributed by atoms with Crippen molar-refractivity contribution in [3.8, 4) is 0 Å². The highest BCUT2D eigenvalue weighted by molar-refractivity contribution is 7.11. The number of hydrogen-bond donors (Lipinski definition) is 1. The maximum atomic E-state index is 12.8. The molecule has 0 spiro atoms. The van der Waals surface area contributed by atoms with Crippen LogP contribution in [0, 0.1) is 13.8 Å². The molecule has 1 fully saturated rings. The lowest BCUT2D eigenvalue weighted by Crippen LogP contribution is -2.49. The predicted octanol–water partition coefficient (Wildman–Crippen LogP) is 2.48. The van der Waals surface area contributed by atoms with Crippen molar-refractivity contribution < 1.29 is 4.79 Å². The number of aryl methyl sites for hydroxylation is 2. The smallest absolute Gasteiger partial charge is 0.228 e. The van der Waals surface area contributed by atoms with Crippen molar-refractivity contribution in [2.24, 2.45) is 0 Å². The lowest BCUT2D eigenvalue weighted by Gasteiger charge is -2.36. The van der Waals surface area contributed by atoms with Gasteiger partial charge in [-0.05, 0) is 19.4 Å². The van der Waals surface area contributed by atoms with Crippen molar-refractivity contribution in [1.82, 2.24) is 15.2 Å². The Hall–Kier alpha value is -1.72. The topological polar surface area (TPSA) is 45.2 Å². The molecule has 1 aromatic heterocycles. The van der Waals surface area contributed by atoms with Crippen LogP contribution in [0.4, 0.5) is 0 Å². The van der Waals surface area contributed by atoms with E-state index in [0.29, 0.717) is 6.42 Å². The maximum absolute atomic E-state index is 12.8. The number of benzene rings is 1. The van der Waals surface area contributed by atoms with Gasteiger partial charge in [-0.25, -0.2) is 4.98 Å². The predicted molar refractivity (Wildman–Crippen MR) is 89.1 cm³/mol.